The molecule has 2 heterocycles. The third-order valence-corrected chi connectivity index (χ3v) is 5.06. The normalized spacial score (nSPS) is 13.2. The Morgan fingerprint density at radius 1 is 0.933 bits per heavy atom. The molecule has 1 aliphatic rings. The number of carbonyl (C=O) groups is 2. The fourth-order valence-electron chi connectivity index (χ4n) is 3.43. The van der Waals surface area contributed by atoms with Crippen LogP contribution in [-0.4, -0.2) is 42.3 Å². The van der Waals surface area contributed by atoms with Crippen LogP contribution in [0.1, 0.15) is 33.6 Å². The SMILES string of the molecule is COC(=O)c1ccc(C(=O)Nc2cccc(-c3ccc(N4CCCC4)nn3)c2)cc1. The fourth-order valence-corrected chi connectivity index (χ4v) is 3.43. The predicted octanol–water partition coefficient (Wildman–Crippen LogP) is 3.78. The second-order valence-corrected chi connectivity index (χ2v) is 7.07. The molecule has 1 amide bonds. The highest BCUT2D eigenvalue weighted by Gasteiger charge is 2.14. The van der Waals surface area contributed by atoms with Crippen LogP contribution < -0.4 is 10.2 Å². The van der Waals surface area contributed by atoms with E-state index >= 15 is 0 Å². The maximum absolute atomic E-state index is 12.5. The van der Waals surface area contributed by atoms with Gasteiger partial charge in [-0.3, -0.25) is 4.79 Å². The molecule has 4 rings (SSSR count). The fraction of sp³-hybridized carbons (Fsp3) is 0.217. The Balaban J connectivity index is 1.46. The Bertz CT molecular complexity index is 1040. The number of rotatable bonds is 5. The van der Waals surface area contributed by atoms with Crippen molar-refractivity contribution in [3.05, 3.63) is 71.8 Å². The van der Waals surface area contributed by atoms with E-state index in [-0.39, 0.29) is 5.91 Å². The van der Waals surface area contributed by atoms with E-state index in [9.17, 15) is 9.59 Å². The van der Waals surface area contributed by atoms with Gasteiger partial charge in [0, 0.05) is 29.9 Å². The predicted molar refractivity (Wildman–Crippen MR) is 115 cm³/mol. The summed E-state index contributed by atoms with van der Waals surface area (Å²) in [6.45, 7) is 2.05. The van der Waals surface area contributed by atoms with Gasteiger partial charge in [0.25, 0.3) is 5.91 Å². The number of ether oxygens (including phenoxy) is 1. The standard InChI is InChI=1S/C23H22N4O3/c1-30-23(29)17-9-7-16(8-10-17)22(28)24-19-6-4-5-18(15-19)20-11-12-21(26-25-20)27-13-2-3-14-27/h4-12,15H,2-3,13-14H2,1H3,(H,24,28). The molecule has 2 aromatic carbocycles. The first-order valence-electron chi connectivity index (χ1n) is 9.83. The van der Waals surface area contributed by atoms with E-state index in [1.54, 1.807) is 24.3 Å². The average Bonchev–Trinajstić information content (AvgIpc) is 3.34. The summed E-state index contributed by atoms with van der Waals surface area (Å²) in [5.41, 5.74) is 3.11. The minimum absolute atomic E-state index is 0.265. The number of amides is 1. The van der Waals surface area contributed by atoms with Crippen molar-refractivity contribution in [1.29, 1.82) is 0 Å². The number of hydrogen-bond acceptors (Lipinski definition) is 6. The molecule has 0 unspecified atom stereocenters. The minimum Gasteiger partial charge on any atom is -0.465 e. The van der Waals surface area contributed by atoms with Crippen LogP contribution in [0, 0.1) is 0 Å². The van der Waals surface area contributed by atoms with Gasteiger partial charge in [0.1, 0.15) is 0 Å². The van der Waals surface area contributed by atoms with Gasteiger partial charge in [0.05, 0.1) is 18.4 Å². The molecule has 0 radical (unpaired) electrons. The molecule has 0 saturated carbocycles. The maximum Gasteiger partial charge on any atom is 0.337 e. The van der Waals surface area contributed by atoms with Gasteiger partial charge in [-0.15, -0.1) is 10.2 Å². The van der Waals surface area contributed by atoms with Gasteiger partial charge >= 0.3 is 5.97 Å². The summed E-state index contributed by atoms with van der Waals surface area (Å²) >= 11 is 0. The van der Waals surface area contributed by atoms with E-state index in [0.29, 0.717) is 16.8 Å². The molecular weight excluding hydrogens is 380 g/mol. The zero-order valence-corrected chi connectivity index (χ0v) is 16.7. The number of aromatic nitrogens is 2. The number of methoxy groups -OCH3 is 1. The zero-order chi connectivity index (χ0) is 20.9. The van der Waals surface area contributed by atoms with Gasteiger partial charge in [0.2, 0.25) is 0 Å². The molecule has 0 aliphatic carbocycles. The number of hydrogen-bond donors (Lipinski definition) is 1. The Morgan fingerprint density at radius 2 is 1.67 bits per heavy atom. The lowest BCUT2D eigenvalue weighted by Gasteiger charge is -2.15. The van der Waals surface area contributed by atoms with Crippen LogP contribution in [-0.2, 0) is 4.74 Å². The summed E-state index contributed by atoms with van der Waals surface area (Å²) < 4.78 is 4.67. The van der Waals surface area contributed by atoms with Crippen LogP contribution in [0.3, 0.4) is 0 Å². The van der Waals surface area contributed by atoms with E-state index in [1.807, 2.05) is 36.4 Å². The van der Waals surface area contributed by atoms with E-state index in [2.05, 4.69) is 25.2 Å². The summed E-state index contributed by atoms with van der Waals surface area (Å²) in [5.74, 6) is 0.196. The van der Waals surface area contributed by atoms with Crippen molar-refractivity contribution in [3.8, 4) is 11.3 Å². The number of anilines is 2. The molecule has 7 nitrogen and oxygen atoms in total. The van der Waals surface area contributed by atoms with Crippen molar-refractivity contribution in [2.24, 2.45) is 0 Å². The third-order valence-electron chi connectivity index (χ3n) is 5.06. The minimum atomic E-state index is -0.438. The monoisotopic (exact) mass is 402 g/mol. The zero-order valence-electron chi connectivity index (χ0n) is 16.7. The molecule has 1 saturated heterocycles. The molecule has 0 bridgehead atoms. The highest BCUT2D eigenvalue weighted by Crippen LogP contribution is 2.23. The van der Waals surface area contributed by atoms with Crippen molar-refractivity contribution < 1.29 is 14.3 Å². The van der Waals surface area contributed by atoms with E-state index < -0.39 is 5.97 Å². The van der Waals surface area contributed by atoms with Crippen molar-refractivity contribution >= 4 is 23.4 Å². The van der Waals surface area contributed by atoms with Crippen LogP contribution in [0.25, 0.3) is 11.3 Å². The van der Waals surface area contributed by atoms with Gasteiger partial charge in [-0.1, -0.05) is 12.1 Å². The number of carbonyl (C=O) groups excluding carboxylic acids is 2. The summed E-state index contributed by atoms with van der Waals surface area (Å²) in [7, 11) is 1.32. The van der Waals surface area contributed by atoms with E-state index in [4.69, 9.17) is 0 Å². The van der Waals surface area contributed by atoms with Gasteiger partial charge in [-0.2, -0.15) is 0 Å². The smallest absolute Gasteiger partial charge is 0.337 e. The molecule has 1 N–H and O–H groups in total. The van der Waals surface area contributed by atoms with Crippen LogP contribution >= 0.6 is 0 Å². The molecule has 1 aliphatic heterocycles. The first-order valence-corrected chi connectivity index (χ1v) is 9.83. The molecule has 7 heteroatoms. The lowest BCUT2D eigenvalue weighted by molar-refractivity contribution is 0.0600. The topological polar surface area (TPSA) is 84.4 Å². The lowest BCUT2D eigenvalue weighted by atomic mass is 10.1. The summed E-state index contributed by atoms with van der Waals surface area (Å²) in [5, 5.41) is 11.6. The molecule has 0 spiro atoms. The first-order chi connectivity index (χ1) is 14.6. The Morgan fingerprint density at radius 3 is 2.33 bits per heavy atom. The van der Waals surface area contributed by atoms with E-state index in [1.165, 1.54) is 20.0 Å². The second kappa shape index (κ2) is 8.73. The van der Waals surface area contributed by atoms with Crippen molar-refractivity contribution in [1.82, 2.24) is 10.2 Å². The quantitative estimate of drug-likeness (QED) is 0.654. The molecule has 3 aromatic rings. The van der Waals surface area contributed by atoms with Crippen LogP contribution in [0.5, 0.6) is 0 Å². The third kappa shape index (κ3) is 4.30. The van der Waals surface area contributed by atoms with Crippen molar-refractivity contribution in [3.63, 3.8) is 0 Å². The maximum atomic E-state index is 12.5. The largest absolute Gasteiger partial charge is 0.465 e. The average molecular weight is 402 g/mol. The molecule has 0 atom stereocenters. The highest BCUT2D eigenvalue weighted by molar-refractivity contribution is 6.05. The van der Waals surface area contributed by atoms with Gasteiger partial charge in [-0.05, 0) is 61.4 Å². The molecule has 30 heavy (non-hydrogen) atoms. The lowest BCUT2D eigenvalue weighted by Crippen LogP contribution is -2.19. The summed E-state index contributed by atoms with van der Waals surface area (Å²) in [4.78, 5) is 26.3. The van der Waals surface area contributed by atoms with Crippen molar-refractivity contribution in [2.45, 2.75) is 12.8 Å². The van der Waals surface area contributed by atoms with Crippen LogP contribution in [0.15, 0.2) is 60.7 Å². The van der Waals surface area contributed by atoms with Gasteiger partial charge in [0.15, 0.2) is 5.82 Å². The summed E-state index contributed by atoms with van der Waals surface area (Å²) in [6, 6.07) is 17.7. The molecule has 1 aromatic heterocycles. The summed E-state index contributed by atoms with van der Waals surface area (Å²) in [6.07, 6.45) is 2.38. The number of nitrogens with zero attached hydrogens (tertiary/aromatic N) is 3. The number of nitrogens with one attached hydrogen (secondary N) is 1. The second-order valence-electron chi connectivity index (χ2n) is 7.07. The number of benzene rings is 2. The molecular formula is C23H22N4O3. The number of esters is 1. The first kappa shape index (κ1) is 19.6. The van der Waals surface area contributed by atoms with Crippen LogP contribution in [0.4, 0.5) is 11.5 Å². The molecule has 1 fully saturated rings. The molecule has 152 valence electrons. The van der Waals surface area contributed by atoms with Gasteiger partial charge < -0.3 is 15.0 Å². The highest BCUT2D eigenvalue weighted by atomic mass is 16.5. The van der Waals surface area contributed by atoms with Crippen molar-refractivity contribution in [2.75, 3.05) is 30.4 Å². The Labute approximate surface area is 174 Å². The van der Waals surface area contributed by atoms with E-state index in [0.717, 1.165) is 30.2 Å². The Hall–Kier alpha value is -3.74. The van der Waals surface area contributed by atoms with Gasteiger partial charge in [-0.25, -0.2) is 4.79 Å². The Kier molecular flexibility index (Phi) is 5.70. The van der Waals surface area contributed by atoms with Crippen LogP contribution in [0.2, 0.25) is 0 Å².